The van der Waals surface area contributed by atoms with E-state index in [1.54, 1.807) is 23.1 Å². The van der Waals surface area contributed by atoms with E-state index in [9.17, 15) is 9.59 Å². The SMILES string of the molecule is COc1c(Cl)cccc1NC(=O)C1CC(=O)N(Cc2ccc(C)cc2)C1. The Balaban J connectivity index is 1.65. The molecule has 1 aliphatic heterocycles. The van der Waals surface area contributed by atoms with Crippen LogP contribution in [0.15, 0.2) is 42.5 Å². The Hall–Kier alpha value is -2.53. The highest BCUT2D eigenvalue weighted by molar-refractivity contribution is 6.32. The predicted molar refractivity (Wildman–Crippen MR) is 101 cm³/mol. The summed E-state index contributed by atoms with van der Waals surface area (Å²) in [6, 6.07) is 13.2. The van der Waals surface area contributed by atoms with E-state index in [-0.39, 0.29) is 18.2 Å². The summed E-state index contributed by atoms with van der Waals surface area (Å²) >= 11 is 6.08. The van der Waals surface area contributed by atoms with Crippen molar-refractivity contribution in [2.75, 3.05) is 19.0 Å². The van der Waals surface area contributed by atoms with Crippen LogP contribution in [0.4, 0.5) is 5.69 Å². The van der Waals surface area contributed by atoms with Gasteiger partial charge in [0.15, 0.2) is 5.75 Å². The Bertz CT molecular complexity index is 820. The van der Waals surface area contributed by atoms with Crippen LogP contribution in [-0.4, -0.2) is 30.4 Å². The number of nitrogens with zero attached hydrogens (tertiary/aromatic N) is 1. The molecule has 2 amide bonds. The minimum absolute atomic E-state index is 0.0104. The molecular formula is C20H21ClN2O3. The van der Waals surface area contributed by atoms with Gasteiger partial charge >= 0.3 is 0 Å². The number of rotatable bonds is 5. The number of halogens is 1. The second-order valence-corrected chi connectivity index (χ2v) is 6.88. The smallest absolute Gasteiger partial charge is 0.229 e. The van der Waals surface area contributed by atoms with Gasteiger partial charge < -0.3 is 15.0 Å². The van der Waals surface area contributed by atoms with E-state index in [2.05, 4.69) is 5.32 Å². The summed E-state index contributed by atoms with van der Waals surface area (Å²) < 4.78 is 5.25. The van der Waals surface area contributed by atoms with E-state index in [0.717, 1.165) is 5.56 Å². The van der Waals surface area contributed by atoms with Crippen molar-refractivity contribution in [2.45, 2.75) is 19.9 Å². The first-order valence-electron chi connectivity index (χ1n) is 8.44. The van der Waals surface area contributed by atoms with Crippen LogP contribution in [0.5, 0.6) is 5.75 Å². The van der Waals surface area contributed by atoms with Gasteiger partial charge in [0.1, 0.15) is 0 Å². The summed E-state index contributed by atoms with van der Waals surface area (Å²) in [7, 11) is 1.50. The Morgan fingerprint density at radius 2 is 2.00 bits per heavy atom. The predicted octanol–water partition coefficient (Wildman–Crippen LogP) is 3.64. The lowest BCUT2D eigenvalue weighted by molar-refractivity contribution is -0.128. The first kappa shape index (κ1) is 18.3. The Morgan fingerprint density at radius 1 is 1.27 bits per heavy atom. The van der Waals surface area contributed by atoms with Crippen LogP contribution in [0, 0.1) is 12.8 Å². The van der Waals surface area contributed by atoms with Gasteiger partial charge in [0, 0.05) is 19.5 Å². The number of nitrogens with one attached hydrogen (secondary N) is 1. The molecule has 1 aliphatic rings. The normalized spacial score (nSPS) is 16.7. The molecule has 0 aliphatic carbocycles. The third-order valence-electron chi connectivity index (χ3n) is 4.51. The molecule has 1 unspecified atom stereocenters. The van der Waals surface area contributed by atoms with Crippen LogP contribution in [0.1, 0.15) is 17.5 Å². The van der Waals surface area contributed by atoms with Gasteiger partial charge in [-0.25, -0.2) is 0 Å². The van der Waals surface area contributed by atoms with E-state index in [0.29, 0.717) is 29.5 Å². The summed E-state index contributed by atoms with van der Waals surface area (Å²) in [5, 5.41) is 3.25. The van der Waals surface area contributed by atoms with Gasteiger partial charge in [-0.3, -0.25) is 9.59 Å². The van der Waals surface area contributed by atoms with Crippen LogP contribution in [-0.2, 0) is 16.1 Å². The average molecular weight is 373 g/mol. The number of para-hydroxylation sites is 1. The number of amides is 2. The highest BCUT2D eigenvalue weighted by Gasteiger charge is 2.34. The van der Waals surface area contributed by atoms with Gasteiger partial charge in [-0.15, -0.1) is 0 Å². The fourth-order valence-corrected chi connectivity index (χ4v) is 3.32. The van der Waals surface area contributed by atoms with Gasteiger partial charge in [0.25, 0.3) is 0 Å². The molecule has 0 aromatic heterocycles. The molecule has 0 bridgehead atoms. The van der Waals surface area contributed by atoms with Crippen molar-refractivity contribution in [3.05, 3.63) is 58.6 Å². The minimum Gasteiger partial charge on any atom is -0.493 e. The van der Waals surface area contributed by atoms with Crippen molar-refractivity contribution in [3.63, 3.8) is 0 Å². The number of hydrogen-bond donors (Lipinski definition) is 1. The molecule has 2 aromatic carbocycles. The molecule has 136 valence electrons. The van der Waals surface area contributed by atoms with E-state index in [1.807, 2.05) is 31.2 Å². The second-order valence-electron chi connectivity index (χ2n) is 6.47. The molecule has 5 nitrogen and oxygen atoms in total. The number of ether oxygens (including phenoxy) is 1. The first-order valence-corrected chi connectivity index (χ1v) is 8.82. The maximum Gasteiger partial charge on any atom is 0.229 e. The molecule has 0 radical (unpaired) electrons. The Morgan fingerprint density at radius 3 is 2.69 bits per heavy atom. The molecule has 1 atom stereocenters. The van der Waals surface area contributed by atoms with Crippen molar-refractivity contribution < 1.29 is 14.3 Å². The van der Waals surface area contributed by atoms with Crippen LogP contribution >= 0.6 is 11.6 Å². The number of carbonyl (C=O) groups excluding carboxylic acids is 2. The summed E-state index contributed by atoms with van der Waals surface area (Å²) in [6.07, 6.45) is 0.209. The lowest BCUT2D eigenvalue weighted by Gasteiger charge is -2.17. The third-order valence-corrected chi connectivity index (χ3v) is 4.81. The zero-order chi connectivity index (χ0) is 18.7. The largest absolute Gasteiger partial charge is 0.493 e. The summed E-state index contributed by atoms with van der Waals surface area (Å²) in [6.45, 7) is 2.94. The molecule has 1 N–H and O–H groups in total. The summed E-state index contributed by atoms with van der Waals surface area (Å²) in [4.78, 5) is 26.6. The van der Waals surface area contributed by atoms with Gasteiger partial charge in [0.05, 0.1) is 23.7 Å². The maximum absolute atomic E-state index is 12.6. The van der Waals surface area contributed by atoms with Crippen molar-refractivity contribution in [2.24, 2.45) is 5.92 Å². The molecule has 2 aromatic rings. The zero-order valence-corrected chi connectivity index (χ0v) is 15.5. The van der Waals surface area contributed by atoms with E-state index in [4.69, 9.17) is 16.3 Å². The Kier molecular flexibility index (Phi) is 5.47. The molecule has 1 saturated heterocycles. The van der Waals surface area contributed by atoms with Crippen molar-refractivity contribution in [1.82, 2.24) is 4.90 Å². The molecule has 3 rings (SSSR count). The van der Waals surface area contributed by atoms with Crippen molar-refractivity contribution in [1.29, 1.82) is 0 Å². The molecule has 26 heavy (non-hydrogen) atoms. The van der Waals surface area contributed by atoms with Gasteiger partial charge in [-0.2, -0.15) is 0 Å². The molecular weight excluding hydrogens is 352 g/mol. The number of aryl methyl sites for hydroxylation is 1. The fourth-order valence-electron chi connectivity index (χ4n) is 3.06. The monoisotopic (exact) mass is 372 g/mol. The second kappa shape index (κ2) is 7.79. The van der Waals surface area contributed by atoms with E-state index >= 15 is 0 Å². The maximum atomic E-state index is 12.6. The van der Waals surface area contributed by atoms with Gasteiger partial charge in [0.2, 0.25) is 11.8 Å². The molecule has 6 heteroatoms. The van der Waals surface area contributed by atoms with Crippen LogP contribution in [0.3, 0.4) is 0 Å². The summed E-state index contributed by atoms with van der Waals surface area (Å²) in [5.41, 5.74) is 2.74. The number of benzene rings is 2. The molecule has 1 heterocycles. The third kappa shape index (κ3) is 3.99. The highest BCUT2D eigenvalue weighted by atomic mass is 35.5. The number of hydrogen-bond acceptors (Lipinski definition) is 3. The molecule has 0 saturated carbocycles. The van der Waals surface area contributed by atoms with Gasteiger partial charge in [-0.1, -0.05) is 47.5 Å². The van der Waals surface area contributed by atoms with E-state index in [1.165, 1.54) is 12.7 Å². The zero-order valence-electron chi connectivity index (χ0n) is 14.8. The topological polar surface area (TPSA) is 58.6 Å². The quantitative estimate of drug-likeness (QED) is 0.871. The van der Waals surface area contributed by atoms with Crippen LogP contribution < -0.4 is 10.1 Å². The van der Waals surface area contributed by atoms with E-state index < -0.39 is 5.92 Å². The van der Waals surface area contributed by atoms with Gasteiger partial charge in [-0.05, 0) is 24.6 Å². The van der Waals surface area contributed by atoms with Crippen LogP contribution in [0.25, 0.3) is 0 Å². The standard InChI is InChI=1S/C20H21ClN2O3/c1-13-6-8-14(9-7-13)11-23-12-15(10-18(23)24)20(25)22-17-5-3-4-16(21)19(17)26-2/h3-9,15H,10-12H2,1-2H3,(H,22,25). The lowest BCUT2D eigenvalue weighted by atomic mass is 10.1. The minimum atomic E-state index is -0.392. The molecule has 1 fully saturated rings. The summed E-state index contributed by atoms with van der Waals surface area (Å²) in [5.74, 6) is -0.186. The number of carbonyl (C=O) groups is 2. The lowest BCUT2D eigenvalue weighted by Crippen LogP contribution is -2.28. The number of methoxy groups -OCH3 is 1. The van der Waals surface area contributed by atoms with Crippen molar-refractivity contribution in [3.8, 4) is 5.75 Å². The van der Waals surface area contributed by atoms with Crippen molar-refractivity contribution >= 4 is 29.1 Å². The number of anilines is 1. The highest BCUT2D eigenvalue weighted by Crippen LogP contribution is 2.33. The fraction of sp³-hybridized carbons (Fsp3) is 0.300. The molecule has 0 spiro atoms. The average Bonchev–Trinajstić information content (AvgIpc) is 2.98. The Labute approximate surface area is 157 Å². The van der Waals surface area contributed by atoms with Crippen LogP contribution in [0.2, 0.25) is 5.02 Å². The first-order chi connectivity index (χ1) is 12.5. The number of likely N-dealkylation sites (tertiary alicyclic amines) is 1.